The first kappa shape index (κ1) is 15.4. The van der Waals surface area contributed by atoms with Gasteiger partial charge in [0.25, 0.3) is 0 Å². The molecule has 0 spiro atoms. The number of benzene rings is 2. The molecule has 0 unspecified atom stereocenters. The van der Waals surface area contributed by atoms with Crippen molar-refractivity contribution < 1.29 is 4.42 Å². The summed E-state index contributed by atoms with van der Waals surface area (Å²) in [4.78, 5) is 4.18. The Kier molecular flexibility index (Phi) is 4.42. The molecule has 102 valence electrons. The number of halogens is 5. The van der Waals surface area contributed by atoms with Gasteiger partial charge in [-0.1, -0.05) is 30.3 Å². The van der Waals surface area contributed by atoms with Crippen molar-refractivity contribution in [1.82, 2.24) is 4.98 Å². The first-order valence-corrected chi connectivity index (χ1v) is 11.8. The zero-order valence-electron chi connectivity index (χ0n) is 9.23. The second kappa shape index (κ2) is 5.44. The van der Waals surface area contributed by atoms with Crippen molar-refractivity contribution in [3.8, 4) is 0 Å². The molecule has 0 aliphatic rings. The van der Waals surface area contributed by atoms with Crippen LogP contribution in [0, 0.1) is 0 Å². The van der Waals surface area contributed by atoms with Crippen LogP contribution in [0.1, 0.15) is 0 Å². The molecule has 2 aromatic carbocycles. The molecule has 2 nitrogen and oxygen atoms in total. The van der Waals surface area contributed by atoms with E-state index in [0.717, 1.165) is 16.5 Å². The monoisotopic (exact) mass is 375 g/mol. The maximum atomic E-state index is 5.21. The number of rotatable bonds is 0. The number of oxazole rings is 1. The van der Waals surface area contributed by atoms with Gasteiger partial charge in [0, 0.05) is 5.39 Å². The summed E-state index contributed by atoms with van der Waals surface area (Å²) in [6, 6.07) is 12.2. The van der Waals surface area contributed by atoms with E-state index in [1.807, 2.05) is 24.3 Å². The van der Waals surface area contributed by atoms with Crippen LogP contribution in [0.15, 0.2) is 47.2 Å². The number of nitrogens with zero attached hydrogens (tertiary/aromatic N) is 1. The predicted octanol–water partition coefficient (Wildman–Crippen LogP) is 7.29. The Morgan fingerprint density at radius 2 is 1.53 bits per heavy atom. The molecule has 19 heavy (non-hydrogen) atoms. The number of aromatic nitrogens is 1. The molecular formula is C11H7Cl5NOP. The van der Waals surface area contributed by atoms with E-state index in [0.29, 0.717) is 0 Å². The molecule has 0 fully saturated rings. The Bertz CT molecular complexity index is 702. The van der Waals surface area contributed by atoms with Crippen LogP contribution in [0.25, 0.3) is 21.9 Å². The van der Waals surface area contributed by atoms with Crippen LogP contribution in [0.2, 0.25) is 0 Å². The Morgan fingerprint density at radius 3 is 2.21 bits per heavy atom. The SMILES string of the molecule is ClP(Cl)(Cl)(Cl)Cl.c1ccc2c(c1)ccc1ocnc12. The Labute approximate surface area is 133 Å². The van der Waals surface area contributed by atoms with Gasteiger partial charge >= 0.3 is 59.6 Å². The molecule has 0 aliphatic carbocycles. The van der Waals surface area contributed by atoms with Crippen molar-refractivity contribution in [1.29, 1.82) is 0 Å². The zero-order valence-corrected chi connectivity index (χ0v) is 13.9. The summed E-state index contributed by atoms with van der Waals surface area (Å²) in [6.45, 7) is 0. The van der Waals surface area contributed by atoms with Crippen molar-refractivity contribution in [2.75, 3.05) is 0 Å². The smallest absolute Gasteiger partial charge is 0.182 e. The van der Waals surface area contributed by atoms with Gasteiger partial charge in [-0.3, -0.25) is 0 Å². The van der Waals surface area contributed by atoms with Gasteiger partial charge in [-0.05, 0) is 11.5 Å². The van der Waals surface area contributed by atoms with Gasteiger partial charge in [0.15, 0.2) is 12.0 Å². The molecule has 0 saturated heterocycles. The third-order valence-electron chi connectivity index (χ3n) is 2.23. The van der Waals surface area contributed by atoms with Crippen molar-refractivity contribution >= 4 is 81.4 Å². The van der Waals surface area contributed by atoms with E-state index in [2.05, 4.69) is 17.1 Å². The van der Waals surface area contributed by atoms with Crippen LogP contribution in [0.3, 0.4) is 0 Å². The summed E-state index contributed by atoms with van der Waals surface area (Å²) in [6.07, 6.45) is 1.48. The van der Waals surface area contributed by atoms with Crippen molar-refractivity contribution in [3.05, 3.63) is 42.8 Å². The third kappa shape index (κ3) is 5.15. The minimum absolute atomic E-state index is 0.846. The van der Waals surface area contributed by atoms with E-state index in [4.69, 9.17) is 60.6 Å². The van der Waals surface area contributed by atoms with E-state index in [9.17, 15) is 0 Å². The fourth-order valence-electron chi connectivity index (χ4n) is 1.60. The van der Waals surface area contributed by atoms with Crippen LogP contribution >= 0.6 is 59.6 Å². The molecular weight excluding hydrogens is 370 g/mol. The summed E-state index contributed by atoms with van der Waals surface area (Å²) in [5.74, 6) is 0. The van der Waals surface area contributed by atoms with Crippen molar-refractivity contribution in [3.63, 3.8) is 0 Å². The van der Waals surface area contributed by atoms with E-state index in [1.54, 1.807) is 0 Å². The second-order valence-corrected chi connectivity index (χ2v) is 20.2. The van der Waals surface area contributed by atoms with E-state index in [-0.39, 0.29) is 0 Å². The number of hydrogen-bond donors (Lipinski definition) is 0. The maximum absolute atomic E-state index is 5.21. The molecule has 0 atom stereocenters. The van der Waals surface area contributed by atoms with Gasteiger partial charge in [0.1, 0.15) is 5.52 Å². The summed E-state index contributed by atoms with van der Waals surface area (Å²) in [5, 5.41) is 2.35. The van der Waals surface area contributed by atoms with Crippen LogP contribution in [0.5, 0.6) is 0 Å². The molecule has 3 aromatic rings. The minimum Gasteiger partial charge on any atom is -0.443 e. The van der Waals surface area contributed by atoms with Crippen LogP contribution < -0.4 is 0 Å². The summed E-state index contributed by atoms with van der Waals surface area (Å²) < 4.78 is 1.53. The molecule has 0 amide bonds. The van der Waals surface area contributed by atoms with Crippen LogP contribution in [0.4, 0.5) is 0 Å². The van der Waals surface area contributed by atoms with Crippen molar-refractivity contribution in [2.45, 2.75) is 0 Å². The first-order chi connectivity index (χ1) is 8.69. The quantitative estimate of drug-likeness (QED) is 0.384. The molecule has 8 heteroatoms. The number of fused-ring (bicyclic) bond motifs is 3. The normalized spacial score (nSPS) is 13.6. The Balaban J connectivity index is 0.000000192. The Morgan fingerprint density at radius 1 is 0.895 bits per heavy atom. The average Bonchev–Trinajstić information content (AvgIpc) is 2.74. The van der Waals surface area contributed by atoms with Gasteiger partial charge in [-0.25, -0.2) is 4.98 Å². The summed E-state index contributed by atoms with van der Waals surface area (Å²) in [5.41, 5.74) is 1.79. The van der Waals surface area contributed by atoms with Gasteiger partial charge in [0.2, 0.25) is 0 Å². The summed E-state index contributed by atoms with van der Waals surface area (Å²) in [7, 11) is 0. The summed E-state index contributed by atoms with van der Waals surface area (Å²) >= 11 is 24.9. The van der Waals surface area contributed by atoms with Crippen LogP contribution in [-0.2, 0) is 0 Å². The molecule has 0 radical (unpaired) electrons. The average molecular weight is 377 g/mol. The van der Waals surface area contributed by atoms with Gasteiger partial charge < -0.3 is 4.42 Å². The van der Waals surface area contributed by atoms with Gasteiger partial charge in [-0.2, -0.15) is 0 Å². The minimum atomic E-state index is -3.69. The Hall–Kier alpha value is 0.0500. The standard InChI is InChI=1S/C11H7NO.Cl5P/c1-2-4-9-8(3-1)5-6-10-11(9)12-7-13-10;1-6(2,3,4)5/h1-7H;. The largest absolute Gasteiger partial charge is 0.443 e. The van der Waals surface area contributed by atoms with Crippen LogP contribution in [-0.4, -0.2) is 4.98 Å². The zero-order chi connectivity index (χ0) is 14.1. The third-order valence-corrected chi connectivity index (χ3v) is 2.23. The molecule has 0 saturated carbocycles. The number of hydrogen-bond acceptors (Lipinski definition) is 2. The van der Waals surface area contributed by atoms with Gasteiger partial charge in [-0.15, -0.1) is 0 Å². The second-order valence-electron chi connectivity index (χ2n) is 3.62. The fourth-order valence-corrected chi connectivity index (χ4v) is 1.60. The van der Waals surface area contributed by atoms with Crippen molar-refractivity contribution in [2.24, 2.45) is 0 Å². The van der Waals surface area contributed by atoms with Gasteiger partial charge in [0.05, 0.1) is 0 Å². The topological polar surface area (TPSA) is 26.0 Å². The van der Waals surface area contributed by atoms with E-state index >= 15 is 0 Å². The fraction of sp³-hybridized carbons (Fsp3) is 0. The first-order valence-electron chi connectivity index (χ1n) is 5.00. The van der Waals surface area contributed by atoms with E-state index < -0.39 is 3.37 Å². The predicted molar refractivity (Wildman–Crippen MR) is 87.7 cm³/mol. The van der Waals surface area contributed by atoms with E-state index in [1.165, 1.54) is 11.8 Å². The molecule has 0 bridgehead atoms. The molecule has 1 heterocycles. The maximum Gasteiger partial charge on any atom is 0.182 e. The molecule has 0 aliphatic heterocycles. The molecule has 1 aromatic heterocycles. The molecule has 0 N–H and O–H groups in total. The molecule has 3 rings (SSSR count).